The first kappa shape index (κ1) is 19.8. The van der Waals surface area contributed by atoms with Crippen molar-refractivity contribution in [1.29, 1.82) is 0 Å². The molecule has 0 radical (unpaired) electrons. The lowest BCUT2D eigenvalue weighted by Crippen LogP contribution is -2.04. The monoisotopic (exact) mass is 402 g/mol. The highest BCUT2D eigenvalue weighted by molar-refractivity contribution is 5.28. The van der Waals surface area contributed by atoms with E-state index in [0.29, 0.717) is 43.2 Å². The maximum absolute atomic E-state index is 5.84. The molecule has 4 aliphatic rings. The van der Waals surface area contributed by atoms with Crippen molar-refractivity contribution in [2.45, 2.75) is 94.4 Å². The van der Waals surface area contributed by atoms with Crippen LogP contribution in [0, 0.1) is 0 Å². The summed E-state index contributed by atoms with van der Waals surface area (Å²) in [6.07, 6.45) is 13.7. The van der Waals surface area contributed by atoms with Crippen LogP contribution in [-0.4, -0.2) is 56.4 Å². The van der Waals surface area contributed by atoms with Gasteiger partial charge in [0.25, 0.3) is 0 Å². The number of aryl methyl sites for hydroxylation is 1. The molecule has 4 fully saturated rings. The van der Waals surface area contributed by atoms with Gasteiger partial charge in [0.1, 0.15) is 18.5 Å². The predicted molar refractivity (Wildman–Crippen MR) is 109 cm³/mol. The Balaban J connectivity index is 0.861. The van der Waals surface area contributed by atoms with E-state index in [1.54, 1.807) is 0 Å². The SMILES string of the molecule is c1cc(CCCCCCCC2OC2CC2OC2CC2CO2)cc(OCC2CO2)c1. The van der Waals surface area contributed by atoms with E-state index in [1.807, 2.05) is 6.07 Å². The quantitative estimate of drug-likeness (QED) is 0.327. The van der Waals surface area contributed by atoms with Gasteiger partial charge in [0.05, 0.1) is 43.7 Å². The van der Waals surface area contributed by atoms with Gasteiger partial charge in [-0.15, -0.1) is 0 Å². The van der Waals surface area contributed by atoms with Gasteiger partial charge in [-0.05, 0) is 37.0 Å². The Morgan fingerprint density at radius 2 is 1.52 bits per heavy atom. The van der Waals surface area contributed by atoms with Crippen molar-refractivity contribution >= 4 is 0 Å². The second kappa shape index (κ2) is 9.34. The third-order valence-corrected chi connectivity index (χ3v) is 6.43. The average Bonchev–Trinajstić information content (AvgIpc) is 3.57. The Morgan fingerprint density at radius 3 is 2.38 bits per heavy atom. The maximum atomic E-state index is 5.84. The Bertz CT molecular complexity index is 656. The Labute approximate surface area is 174 Å². The molecule has 0 aromatic heterocycles. The molecule has 0 aliphatic carbocycles. The van der Waals surface area contributed by atoms with Gasteiger partial charge in [-0.3, -0.25) is 0 Å². The summed E-state index contributed by atoms with van der Waals surface area (Å²) in [4.78, 5) is 0. The van der Waals surface area contributed by atoms with Gasteiger partial charge < -0.3 is 23.7 Å². The molecule has 6 atom stereocenters. The Hall–Kier alpha value is -1.14. The van der Waals surface area contributed by atoms with Crippen molar-refractivity contribution < 1.29 is 23.7 Å². The van der Waals surface area contributed by atoms with E-state index in [9.17, 15) is 0 Å². The highest BCUT2D eigenvalue weighted by Gasteiger charge is 2.49. The third-order valence-electron chi connectivity index (χ3n) is 6.43. The van der Waals surface area contributed by atoms with Crippen LogP contribution in [0.4, 0.5) is 0 Å². The van der Waals surface area contributed by atoms with Crippen molar-refractivity contribution in [1.82, 2.24) is 0 Å². The van der Waals surface area contributed by atoms with E-state index in [-0.39, 0.29) is 0 Å². The number of ether oxygens (including phenoxy) is 5. The molecule has 29 heavy (non-hydrogen) atoms. The largest absolute Gasteiger partial charge is 0.491 e. The zero-order valence-electron chi connectivity index (χ0n) is 17.3. The van der Waals surface area contributed by atoms with Crippen LogP contribution in [0.3, 0.4) is 0 Å². The average molecular weight is 403 g/mol. The first-order valence-corrected chi connectivity index (χ1v) is 11.6. The Morgan fingerprint density at radius 1 is 0.793 bits per heavy atom. The highest BCUT2D eigenvalue weighted by Crippen LogP contribution is 2.40. The number of rotatable bonds is 15. The van der Waals surface area contributed by atoms with E-state index < -0.39 is 0 Å². The molecule has 0 spiro atoms. The van der Waals surface area contributed by atoms with Crippen LogP contribution in [-0.2, 0) is 25.4 Å². The van der Waals surface area contributed by atoms with E-state index in [0.717, 1.165) is 38.2 Å². The van der Waals surface area contributed by atoms with E-state index >= 15 is 0 Å². The summed E-state index contributed by atoms with van der Waals surface area (Å²) in [7, 11) is 0. The van der Waals surface area contributed by atoms with Gasteiger partial charge in [0.2, 0.25) is 0 Å². The standard InChI is InChI=1S/C24H34O5/c1(2-4-7-17-8-6-9-18(11-17)25-15-20-16-27-20)3-5-10-21-23(28-21)13-24-22(29-24)12-19-14-26-19/h6,8-9,11,19-24H,1-5,7,10,12-16H2. The van der Waals surface area contributed by atoms with Crippen molar-refractivity contribution in [3.63, 3.8) is 0 Å². The normalized spacial score (nSPS) is 34.1. The molecule has 0 N–H and O–H groups in total. The van der Waals surface area contributed by atoms with E-state index in [1.165, 1.54) is 44.1 Å². The summed E-state index contributed by atoms with van der Waals surface area (Å²) in [6, 6.07) is 8.52. The lowest BCUT2D eigenvalue weighted by molar-refractivity contribution is 0.263. The summed E-state index contributed by atoms with van der Waals surface area (Å²) in [5.74, 6) is 0.973. The molecular formula is C24H34O5. The zero-order valence-corrected chi connectivity index (χ0v) is 17.3. The predicted octanol–water partition coefficient (Wildman–Crippen LogP) is 4.06. The fraction of sp³-hybridized carbons (Fsp3) is 0.750. The van der Waals surface area contributed by atoms with Gasteiger partial charge in [0.15, 0.2) is 0 Å². The van der Waals surface area contributed by atoms with E-state index in [4.69, 9.17) is 23.7 Å². The molecule has 5 heteroatoms. The second-order valence-corrected chi connectivity index (χ2v) is 9.07. The molecule has 4 saturated heterocycles. The van der Waals surface area contributed by atoms with Gasteiger partial charge in [-0.25, -0.2) is 0 Å². The molecule has 0 saturated carbocycles. The number of hydrogen-bond donors (Lipinski definition) is 0. The summed E-state index contributed by atoms with van der Waals surface area (Å²) >= 11 is 0. The molecule has 1 aromatic rings. The van der Waals surface area contributed by atoms with Crippen molar-refractivity contribution in [3.8, 4) is 5.75 Å². The summed E-state index contributed by atoms with van der Waals surface area (Å²) < 4.78 is 27.8. The van der Waals surface area contributed by atoms with Crippen LogP contribution in [0.15, 0.2) is 24.3 Å². The number of benzene rings is 1. The summed E-state index contributed by atoms with van der Waals surface area (Å²) in [5, 5.41) is 0. The minimum absolute atomic E-state index is 0.316. The molecule has 4 aliphatic heterocycles. The smallest absolute Gasteiger partial charge is 0.119 e. The molecule has 5 nitrogen and oxygen atoms in total. The molecule has 4 heterocycles. The van der Waals surface area contributed by atoms with Crippen molar-refractivity contribution in [3.05, 3.63) is 29.8 Å². The minimum Gasteiger partial charge on any atom is -0.491 e. The lowest BCUT2D eigenvalue weighted by Gasteiger charge is -2.07. The molecule has 0 bridgehead atoms. The van der Waals surface area contributed by atoms with E-state index in [2.05, 4.69) is 18.2 Å². The van der Waals surface area contributed by atoms with Gasteiger partial charge in [0, 0.05) is 12.8 Å². The van der Waals surface area contributed by atoms with Crippen LogP contribution in [0.5, 0.6) is 5.75 Å². The van der Waals surface area contributed by atoms with Crippen LogP contribution >= 0.6 is 0 Å². The summed E-state index contributed by atoms with van der Waals surface area (Å²) in [5.41, 5.74) is 1.38. The van der Waals surface area contributed by atoms with Gasteiger partial charge in [-0.1, -0.05) is 37.8 Å². The first-order valence-electron chi connectivity index (χ1n) is 11.6. The zero-order chi connectivity index (χ0) is 19.5. The fourth-order valence-corrected chi connectivity index (χ4v) is 4.28. The minimum atomic E-state index is 0.316. The number of hydrogen-bond acceptors (Lipinski definition) is 5. The summed E-state index contributed by atoms with van der Waals surface area (Å²) in [6.45, 7) is 2.46. The Kier molecular flexibility index (Phi) is 6.38. The first-order chi connectivity index (χ1) is 14.3. The lowest BCUT2D eigenvalue weighted by atomic mass is 10.0. The third kappa shape index (κ3) is 6.68. The van der Waals surface area contributed by atoms with Gasteiger partial charge >= 0.3 is 0 Å². The number of epoxide rings is 4. The van der Waals surface area contributed by atoms with Crippen LogP contribution in [0.2, 0.25) is 0 Å². The maximum Gasteiger partial charge on any atom is 0.119 e. The van der Waals surface area contributed by atoms with Crippen molar-refractivity contribution in [2.75, 3.05) is 19.8 Å². The molecule has 5 rings (SSSR count). The van der Waals surface area contributed by atoms with Gasteiger partial charge in [-0.2, -0.15) is 0 Å². The van der Waals surface area contributed by atoms with Crippen molar-refractivity contribution in [2.24, 2.45) is 0 Å². The molecule has 160 valence electrons. The molecule has 1 aromatic carbocycles. The number of unbranched alkanes of at least 4 members (excludes halogenated alkanes) is 4. The molecule has 0 amide bonds. The van der Waals surface area contributed by atoms with Crippen LogP contribution < -0.4 is 4.74 Å². The molecule has 6 unspecified atom stereocenters. The topological polar surface area (TPSA) is 59.3 Å². The molecular weight excluding hydrogens is 368 g/mol. The van der Waals surface area contributed by atoms with Crippen LogP contribution in [0.25, 0.3) is 0 Å². The van der Waals surface area contributed by atoms with Crippen LogP contribution in [0.1, 0.15) is 56.9 Å². The fourth-order valence-electron chi connectivity index (χ4n) is 4.28. The second-order valence-electron chi connectivity index (χ2n) is 9.07. The highest BCUT2D eigenvalue weighted by atomic mass is 16.6.